The zero-order valence-corrected chi connectivity index (χ0v) is 25.3. The lowest BCUT2D eigenvalue weighted by Gasteiger charge is -2.23. The van der Waals surface area contributed by atoms with Gasteiger partial charge in [0.25, 0.3) is 0 Å². The number of halogens is 2. The molecule has 1 N–H and O–H groups in total. The molecule has 0 spiro atoms. The van der Waals surface area contributed by atoms with E-state index in [0.29, 0.717) is 32.9 Å². The Morgan fingerprint density at radius 2 is 1.51 bits per heavy atom. The average molecular weight is 618 g/mol. The highest BCUT2D eigenvalue weighted by molar-refractivity contribution is 7.89. The molecule has 4 rings (SSSR count). The Morgan fingerprint density at radius 1 is 0.951 bits per heavy atom. The molecule has 0 aliphatic heterocycles. The van der Waals surface area contributed by atoms with Crippen molar-refractivity contribution < 1.29 is 22.7 Å². The Bertz CT molecular complexity index is 1600. The van der Waals surface area contributed by atoms with Crippen molar-refractivity contribution in [3.05, 3.63) is 83.0 Å². The van der Waals surface area contributed by atoms with Crippen LogP contribution in [0.2, 0.25) is 10.0 Å². The lowest BCUT2D eigenvalue weighted by molar-refractivity contribution is -0.116. The molecule has 0 saturated carbocycles. The van der Waals surface area contributed by atoms with Crippen LogP contribution < -0.4 is 14.8 Å². The largest absolute Gasteiger partial charge is 0.497 e. The van der Waals surface area contributed by atoms with Gasteiger partial charge in [-0.05, 0) is 42.3 Å². The van der Waals surface area contributed by atoms with Gasteiger partial charge in [0.1, 0.15) is 11.5 Å². The Kier molecular flexibility index (Phi) is 9.60. The van der Waals surface area contributed by atoms with Crippen LogP contribution in [0.4, 0.5) is 5.95 Å². The molecule has 0 aliphatic rings. The van der Waals surface area contributed by atoms with Crippen LogP contribution in [0.25, 0.3) is 16.9 Å². The highest BCUT2D eigenvalue weighted by Crippen LogP contribution is 2.30. The van der Waals surface area contributed by atoms with Gasteiger partial charge in [-0.2, -0.15) is 4.31 Å². The van der Waals surface area contributed by atoms with Crippen LogP contribution in [0.15, 0.2) is 77.8 Å². The lowest BCUT2D eigenvalue weighted by Crippen LogP contribution is -2.40. The van der Waals surface area contributed by atoms with E-state index in [2.05, 4.69) is 10.3 Å². The Hall–Kier alpha value is -3.57. The number of benzene rings is 3. The maximum Gasteiger partial charge on any atom is 0.243 e. The monoisotopic (exact) mass is 616 g/mol. The van der Waals surface area contributed by atoms with E-state index in [1.54, 1.807) is 55.3 Å². The third kappa shape index (κ3) is 7.39. The number of ether oxygens (including phenoxy) is 2. The predicted octanol–water partition coefficient (Wildman–Crippen LogP) is 6.15. The summed E-state index contributed by atoms with van der Waals surface area (Å²) in [6.07, 6.45) is 1.75. The van der Waals surface area contributed by atoms with Gasteiger partial charge < -0.3 is 9.47 Å². The second kappa shape index (κ2) is 12.9. The van der Waals surface area contributed by atoms with E-state index in [-0.39, 0.29) is 23.3 Å². The Labute approximate surface area is 249 Å². The van der Waals surface area contributed by atoms with Crippen LogP contribution in [0.1, 0.15) is 13.8 Å². The van der Waals surface area contributed by atoms with E-state index in [1.807, 2.05) is 26.0 Å². The number of aromatic nitrogens is 2. The summed E-state index contributed by atoms with van der Waals surface area (Å²) >= 11 is 12.0. The number of imidazole rings is 1. The predicted molar refractivity (Wildman–Crippen MR) is 161 cm³/mol. The van der Waals surface area contributed by atoms with Gasteiger partial charge in [-0.1, -0.05) is 49.2 Å². The number of amides is 1. The van der Waals surface area contributed by atoms with Crippen molar-refractivity contribution in [1.82, 2.24) is 13.9 Å². The first kappa shape index (κ1) is 30.4. The zero-order valence-electron chi connectivity index (χ0n) is 23.0. The van der Waals surface area contributed by atoms with Crippen molar-refractivity contribution in [2.24, 2.45) is 5.92 Å². The SMILES string of the molecule is COc1cc(OC)cc(-n2cc(-c3ccc(Cl)cc3)nc2NC(=O)CN(CC(C)C)S(=O)(=O)c2ccc(Cl)cc2)c1. The molecular formula is C29H30Cl2N4O5S. The highest BCUT2D eigenvalue weighted by Gasteiger charge is 2.28. The van der Waals surface area contributed by atoms with Gasteiger partial charge in [0.2, 0.25) is 21.9 Å². The summed E-state index contributed by atoms with van der Waals surface area (Å²) in [5.41, 5.74) is 1.94. The van der Waals surface area contributed by atoms with Crippen molar-refractivity contribution in [1.29, 1.82) is 0 Å². The standard InChI is InChI=1S/C29H30Cl2N4O5S/c1-19(2)16-34(41(37,38)26-11-9-22(31)10-12-26)18-28(36)33-29-32-27(20-5-7-21(30)8-6-20)17-35(29)23-13-24(39-3)15-25(14-23)40-4/h5-15,17,19H,16,18H2,1-4H3,(H,32,33,36). The fraction of sp³-hybridized carbons (Fsp3) is 0.241. The molecule has 0 atom stereocenters. The van der Waals surface area contributed by atoms with Crippen LogP contribution in [0, 0.1) is 5.92 Å². The first-order chi connectivity index (χ1) is 19.5. The minimum Gasteiger partial charge on any atom is -0.497 e. The van der Waals surface area contributed by atoms with E-state index in [1.165, 1.54) is 24.3 Å². The number of methoxy groups -OCH3 is 2. The fourth-order valence-corrected chi connectivity index (χ4v) is 5.90. The second-order valence-corrected chi connectivity index (χ2v) is 12.4. The van der Waals surface area contributed by atoms with Gasteiger partial charge in [0.05, 0.1) is 37.0 Å². The van der Waals surface area contributed by atoms with Gasteiger partial charge in [-0.3, -0.25) is 14.7 Å². The molecule has 216 valence electrons. The molecule has 3 aromatic carbocycles. The number of nitrogens with zero attached hydrogens (tertiary/aromatic N) is 3. The Balaban J connectivity index is 1.71. The van der Waals surface area contributed by atoms with E-state index in [0.717, 1.165) is 9.87 Å². The molecule has 0 saturated heterocycles. The average Bonchev–Trinajstić information content (AvgIpc) is 3.36. The van der Waals surface area contributed by atoms with Gasteiger partial charge in [-0.15, -0.1) is 0 Å². The summed E-state index contributed by atoms with van der Waals surface area (Å²) in [4.78, 5) is 18.1. The molecule has 12 heteroatoms. The van der Waals surface area contributed by atoms with Crippen LogP contribution in [-0.4, -0.2) is 55.5 Å². The van der Waals surface area contributed by atoms with E-state index in [4.69, 9.17) is 32.7 Å². The van der Waals surface area contributed by atoms with Crippen molar-refractivity contribution >= 4 is 45.1 Å². The summed E-state index contributed by atoms with van der Waals surface area (Å²) in [5.74, 6) is 0.662. The number of anilines is 1. The quantitative estimate of drug-likeness (QED) is 0.217. The van der Waals surface area contributed by atoms with Gasteiger partial charge in [-0.25, -0.2) is 13.4 Å². The molecule has 0 bridgehead atoms. The zero-order chi connectivity index (χ0) is 29.7. The molecule has 41 heavy (non-hydrogen) atoms. The molecule has 1 amide bonds. The van der Waals surface area contributed by atoms with Crippen molar-refractivity contribution in [3.8, 4) is 28.4 Å². The Morgan fingerprint density at radius 3 is 2.05 bits per heavy atom. The van der Waals surface area contributed by atoms with Crippen LogP contribution in [0.3, 0.4) is 0 Å². The fourth-order valence-electron chi connectivity index (χ4n) is 4.09. The normalized spacial score (nSPS) is 11.6. The molecule has 0 radical (unpaired) electrons. The minimum atomic E-state index is -3.98. The van der Waals surface area contributed by atoms with E-state index in [9.17, 15) is 13.2 Å². The van der Waals surface area contributed by atoms with E-state index < -0.39 is 22.5 Å². The number of rotatable bonds is 11. The lowest BCUT2D eigenvalue weighted by atomic mass is 10.2. The van der Waals surface area contributed by atoms with Crippen LogP contribution in [0.5, 0.6) is 11.5 Å². The maximum atomic E-state index is 13.5. The molecule has 0 unspecified atom stereocenters. The number of nitrogens with one attached hydrogen (secondary N) is 1. The van der Waals surface area contributed by atoms with E-state index >= 15 is 0 Å². The van der Waals surface area contributed by atoms with Gasteiger partial charge >= 0.3 is 0 Å². The van der Waals surface area contributed by atoms with Crippen LogP contribution >= 0.6 is 23.2 Å². The molecule has 0 fully saturated rings. The van der Waals surface area contributed by atoms with Crippen molar-refractivity contribution in [3.63, 3.8) is 0 Å². The summed E-state index contributed by atoms with van der Waals surface area (Å²) < 4.78 is 40.6. The summed E-state index contributed by atoms with van der Waals surface area (Å²) in [6.45, 7) is 3.47. The molecule has 0 aliphatic carbocycles. The smallest absolute Gasteiger partial charge is 0.243 e. The third-order valence-corrected chi connectivity index (χ3v) is 8.38. The first-order valence-electron chi connectivity index (χ1n) is 12.6. The second-order valence-electron chi connectivity index (χ2n) is 9.59. The summed E-state index contributed by atoms with van der Waals surface area (Å²) in [6, 6.07) is 18.2. The molecular weight excluding hydrogens is 587 g/mol. The van der Waals surface area contributed by atoms with Crippen molar-refractivity contribution in [2.75, 3.05) is 32.6 Å². The van der Waals surface area contributed by atoms with Gasteiger partial charge in [0.15, 0.2) is 0 Å². The summed E-state index contributed by atoms with van der Waals surface area (Å²) in [7, 11) is -0.901. The molecule has 1 aromatic heterocycles. The number of sulfonamides is 1. The number of carbonyl (C=O) groups excluding carboxylic acids is 1. The van der Waals surface area contributed by atoms with Crippen LogP contribution in [-0.2, 0) is 14.8 Å². The number of carbonyl (C=O) groups is 1. The first-order valence-corrected chi connectivity index (χ1v) is 14.8. The molecule has 9 nitrogen and oxygen atoms in total. The molecule has 1 heterocycles. The summed E-state index contributed by atoms with van der Waals surface area (Å²) in [5, 5.41) is 3.79. The maximum absolute atomic E-state index is 13.5. The minimum absolute atomic E-state index is 0.0346. The topological polar surface area (TPSA) is 103 Å². The number of hydrogen-bond acceptors (Lipinski definition) is 6. The number of hydrogen-bond donors (Lipinski definition) is 1. The molecule has 4 aromatic rings. The highest BCUT2D eigenvalue weighted by atomic mass is 35.5. The van der Waals surface area contributed by atoms with Gasteiger partial charge in [0, 0.05) is 46.5 Å². The van der Waals surface area contributed by atoms with Crippen molar-refractivity contribution in [2.45, 2.75) is 18.7 Å². The third-order valence-electron chi connectivity index (χ3n) is 6.05.